The van der Waals surface area contributed by atoms with E-state index in [0.717, 1.165) is 34.5 Å². The van der Waals surface area contributed by atoms with Crippen LogP contribution in [0.4, 0.5) is 11.4 Å². The smallest absolute Gasteiger partial charge is 0.270 e. The molecule has 1 aromatic carbocycles. The highest BCUT2D eigenvalue weighted by Crippen LogP contribution is 2.28. The molecule has 0 bridgehead atoms. The van der Waals surface area contributed by atoms with E-state index in [4.69, 9.17) is 0 Å². The van der Waals surface area contributed by atoms with E-state index < -0.39 is 0 Å². The fraction of sp³-hybridized carbons (Fsp3) is 0.400. The molecule has 21 heavy (non-hydrogen) atoms. The summed E-state index contributed by atoms with van der Waals surface area (Å²) in [5.41, 5.74) is 2.69. The van der Waals surface area contributed by atoms with Crippen LogP contribution in [0.2, 0.25) is 0 Å². The number of anilines is 1. The Balaban J connectivity index is 2.49. The molecule has 0 amide bonds. The Kier molecular flexibility index (Phi) is 5.01. The Morgan fingerprint density at radius 1 is 1.43 bits per heavy atom. The standard InChI is InChI=1S/C15H19N3O2S/c1-4-11(9-21-3)17-15-7-10(2)16-14-6-5-12(18(19)20)8-13(14)15/h5-8,11H,4,9H2,1-3H3,(H,16,17). The van der Waals surface area contributed by atoms with Gasteiger partial charge in [0.05, 0.1) is 10.4 Å². The number of aryl methyl sites for hydroxylation is 1. The molecule has 0 aliphatic carbocycles. The SMILES string of the molecule is CCC(CSC)Nc1cc(C)nc2ccc([N+](=O)[O-])cc12. The summed E-state index contributed by atoms with van der Waals surface area (Å²) in [6, 6.07) is 7.09. The van der Waals surface area contributed by atoms with E-state index in [1.807, 2.05) is 13.0 Å². The van der Waals surface area contributed by atoms with Gasteiger partial charge in [0, 0.05) is 40.7 Å². The molecule has 112 valence electrons. The number of rotatable bonds is 6. The number of hydrogen-bond donors (Lipinski definition) is 1. The first-order chi connectivity index (χ1) is 10.0. The van der Waals surface area contributed by atoms with Crippen molar-refractivity contribution >= 4 is 34.0 Å². The summed E-state index contributed by atoms with van der Waals surface area (Å²) in [5, 5.41) is 15.3. The zero-order chi connectivity index (χ0) is 15.4. The quantitative estimate of drug-likeness (QED) is 0.645. The summed E-state index contributed by atoms with van der Waals surface area (Å²) in [5.74, 6) is 0.994. The van der Waals surface area contributed by atoms with E-state index in [2.05, 4.69) is 23.5 Å². The zero-order valence-electron chi connectivity index (χ0n) is 12.4. The number of benzene rings is 1. The summed E-state index contributed by atoms with van der Waals surface area (Å²) in [4.78, 5) is 15.0. The number of pyridine rings is 1. The van der Waals surface area contributed by atoms with Gasteiger partial charge in [-0.25, -0.2) is 0 Å². The molecule has 2 aromatic rings. The molecule has 1 heterocycles. The van der Waals surface area contributed by atoms with Gasteiger partial charge in [-0.15, -0.1) is 0 Å². The number of aromatic nitrogens is 1. The van der Waals surface area contributed by atoms with Crippen LogP contribution in [-0.2, 0) is 0 Å². The van der Waals surface area contributed by atoms with Gasteiger partial charge in [0.15, 0.2) is 0 Å². The number of nitrogens with one attached hydrogen (secondary N) is 1. The van der Waals surface area contributed by atoms with E-state index in [-0.39, 0.29) is 10.6 Å². The summed E-state index contributed by atoms with van der Waals surface area (Å²) < 4.78 is 0. The van der Waals surface area contributed by atoms with Crippen LogP contribution in [-0.4, -0.2) is 28.0 Å². The van der Waals surface area contributed by atoms with E-state index in [0.29, 0.717) is 6.04 Å². The summed E-state index contributed by atoms with van der Waals surface area (Å²) in [6.07, 6.45) is 3.07. The molecule has 1 N–H and O–H groups in total. The normalized spacial score (nSPS) is 12.3. The first-order valence-electron chi connectivity index (χ1n) is 6.86. The van der Waals surface area contributed by atoms with E-state index >= 15 is 0 Å². The first kappa shape index (κ1) is 15.6. The summed E-state index contributed by atoms with van der Waals surface area (Å²) in [7, 11) is 0. The van der Waals surface area contributed by atoms with Crippen LogP contribution in [0.15, 0.2) is 24.3 Å². The molecular weight excluding hydrogens is 286 g/mol. The summed E-state index contributed by atoms with van der Waals surface area (Å²) >= 11 is 1.78. The minimum absolute atomic E-state index is 0.0918. The molecule has 0 radical (unpaired) electrons. The van der Waals surface area contributed by atoms with Gasteiger partial charge in [0.1, 0.15) is 0 Å². The zero-order valence-corrected chi connectivity index (χ0v) is 13.2. The van der Waals surface area contributed by atoms with Crippen LogP contribution in [0, 0.1) is 17.0 Å². The minimum atomic E-state index is -0.373. The second kappa shape index (κ2) is 6.76. The third-order valence-corrected chi connectivity index (χ3v) is 4.09. The van der Waals surface area contributed by atoms with Gasteiger partial charge in [-0.2, -0.15) is 11.8 Å². The van der Waals surface area contributed by atoms with Crippen molar-refractivity contribution in [2.24, 2.45) is 0 Å². The average Bonchev–Trinajstić information content (AvgIpc) is 2.46. The van der Waals surface area contributed by atoms with Crippen LogP contribution in [0.1, 0.15) is 19.0 Å². The molecule has 0 saturated carbocycles. The Morgan fingerprint density at radius 3 is 2.81 bits per heavy atom. The van der Waals surface area contributed by atoms with Gasteiger partial charge in [-0.1, -0.05) is 6.92 Å². The lowest BCUT2D eigenvalue weighted by Crippen LogP contribution is -2.21. The van der Waals surface area contributed by atoms with Crippen molar-refractivity contribution in [2.45, 2.75) is 26.3 Å². The fourth-order valence-corrected chi connectivity index (χ4v) is 2.98. The molecule has 6 heteroatoms. The number of hydrogen-bond acceptors (Lipinski definition) is 5. The molecule has 0 aliphatic rings. The van der Waals surface area contributed by atoms with Gasteiger partial charge < -0.3 is 5.32 Å². The van der Waals surface area contributed by atoms with Gasteiger partial charge >= 0.3 is 0 Å². The lowest BCUT2D eigenvalue weighted by Gasteiger charge is -2.19. The minimum Gasteiger partial charge on any atom is -0.381 e. The monoisotopic (exact) mass is 305 g/mol. The van der Waals surface area contributed by atoms with Crippen LogP contribution >= 0.6 is 11.8 Å². The van der Waals surface area contributed by atoms with Gasteiger partial charge in [0.2, 0.25) is 0 Å². The maximum absolute atomic E-state index is 11.0. The summed E-state index contributed by atoms with van der Waals surface area (Å²) in [6.45, 7) is 4.06. The Labute approximate surface area is 128 Å². The van der Waals surface area contributed by atoms with Gasteiger partial charge in [-0.3, -0.25) is 15.1 Å². The molecular formula is C15H19N3O2S. The first-order valence-corrected chi connectivity index (χ1v) is 8.25. The van der Waals surface area contributed by atoms with Crippen LogP contribution in [0.25, 0.3) is 10.9 Å². The highest BCUT2D eigenvalue weighted by Gasteiger charge is 2.13. The number of thioether (sulfide) groups is 1. The lowest BCUT2D eigenvalue weighted by atomic mass is 10.1. The Bertz CT molecular complexity index is 661. The van der Waals surface area contributed by atoms with Crippen molar-refractivity contribution in [2.75, 3.05) is 17.3 Å². The van der Waals surface area contributed by atoms with Crippen LogP contribution < -0.4 is 5.32 Å². The molecule has 0 saturated heterocycles. The molecule has 2 rings (SSSR count). The van der Waals surface area contributed by atoms with E-state index in [9.17, 15) is 10.1 Å². The topological polar surface area (TPSA) is 68.1 Å². The van der Waals surface area contributed by atoms with Crippen molar-refractivity contribution in [3.8, 4) is 0 Å². The Morgan fingerprint density at radius 2 is 2.19 bits per heavy atom. The third-order valence-electron chi connectivity index (χ3n) is 3.35. The van der Waals surface area contributed by atoms with E-state index in [1.54, 1.807) is 23.9 Å². The highest BCUT2D eigenvalue weighted by molar-refractivity contribution is 7.98. The molecule has 1 unspecified atom stereocenters. The van der Waals surface area contributed by atoms with Crippen molar-refractivity contribution in [3.63, 3.8) is 0 Å². The van der Waals surface area contributed by atoms with Crippen LogP contribution in [0.5, 0.6) is 0 Å². The number of nitro groups is 1. The number of nitrogens with zero attached hydrogens (tertiary/aromatic N) is 2. The molecule has 0 fully saturated rings. The predicted octanol–water partition coefficient (Wildman–Crippen LogP) is 4.00. The van der Waals surface area contributed by atoms with Crippen molar-refractivity contribution in [3.05, 3.63) is 40.1 Å². The maximum atomic E-state index is 11.0. The second-order valence-corrected chi connectivity index (χ2v) is 5.89. The van der Waals surface area contributed by atoms with Crippen molar-refractivity contribution < 1.29 is 4.92 Å². The fourth-order valence-electron chi connectivity index (χ4n) is 2.26. The molecule has 0 spiro atoms. The van der Waals surface area contributed by atoms with Crippen molar-refractivity contribution in [1.82, 2.24) is 4.98 Å². The van der Waals surface area contributed by atoms with Crippen LogP contribution in [0.3, 0.4) is 0 Å². The molecule has 0 aliphatic heterocycles. The lowest BCUT2D eigenvalue weighted by molar-refractivity contribution is -0.384. The van der Waals surface area contributed by atoms with E-state index in [1.165, 1.54) is 6.07 Å². The second-order valence-electron chi connectivity index (χ2n) is 4.97. The van der Waals surface area contributed by atoms with Gasteiger partial charge in [-0.05, 0) is 31.7 Å². The Hall–Kier alpha value is -1.82. The largest absolute Gasteiger partial charge is 0.381 e. The molecule has 1 atom stereocenters. The van der Waals surface area contributed by atoms with Gasteiger partial charge in [0.25, 0.3) is 5.69 Å². The molecule has 1 aromatic heterocycles. The highest BCUT2D eigenvalue weighted by atomic mass is 32.2. The maximum Gasteiger partial charge on any atom is 0.270 e. The molecule has 5 nitrogen and oxygen atoms in total. The number of nitro benzene ring substituents is 1. The number of fused-ring (bicyclic) bond motifs is 1. The predicted molar refractivity (Wildman–Crippen MR) is 89.2 cm³/mol. The van der Waals surface area contributed by atoms with Crippen molar-refractivity contribution in [1.29, 1.82) is 0 Å². The third kappa shape index (κ3) is 3.64. The number of non-ortho nitro benzene ring substituents is 1. The average molecular weight is 305 g/mol.